The van der Waals surface area contributed by atoms with Crippen molar-refractivity contribution >= 4 is 5.97 Å². The molecule has 100 valence electrons. The fourth-order valence-corrected chi connectivity index (χ4v) is 1.44. The van der Waals surface area contributed by atoms with E-state index in [2.05, 4.69) is 30.8 Å². The number of ether oxygens (including phenoxy) is 1. The maximum Gasteiger partial charge on any atom is 0.330 e. The van der Waals surface area contributed by atoms with E-state index in [-0.39, 0.29) is 5.97 Å². The van der Waals surface area contributed by atoms with E-state index in [9.17, 15) is 4.79 Å². The van der Waals surface area contributed by atoms with Crippen molar-refractivity contribution in [1.82, 2.24) is 9.80 Å². The Balaban J connectivity index is 3.94. The van der Waals surface area contributed by atoms with Crippen LogP contribution in [0.1, 0.15) is 20.3 Å². The van der Waals surface area contributed by atoms with Gasteiger partial charge in [-0.3, -0.25) is 4.90 Å². The van der Waals surface area contributed by atoms with Gasteiger partial charge in [0.05, 0.1) is 6.61 Å². The quantitative estimate of drug-likeness (QED) is 0.452. The van der Waals surface area contributed by atoms with Gasteiger partial charge in [0.25, 0.3) is 0 Å². The largest absolute Gasteiger partial charge is 0.463 e. The van der Waals surface area contributed by atoms with Gasteiger partial charge in [0.2, 0.25) is 0 Å². The van der Waals surface area contributed by atoms with Crippen LogP contribution in [0.5, 0.6) is 0 Å². The second-order valence-corrected chi connectivity index (χ2v) is 4.26. The van der Waals surface area contributed by atoms with E-state index >= 15 is 0 Å². The molecule has 0 saturated heterocycles. The first-order valence-electron chi connectivity index (χ1n) is 6.30. The van der Waals surface area contributed by atoms with Gasteiger partial charge < -0.3 is 9.64 Å². The Kier molecular flexibility index (Phi) is 9.77. The SMILES string of the molecule is CCCN(C/C=C/C(=O)OCC)CCN(C)C. The molecule has 0 fully saturated rings. The molecule has 0 aliphatic carbocycles. The first-order valence-corrected chi connectivity index (χ1v) is 6.30. The molecule has 0 spiro atoms. The van der Waals surface area contributed by atoms with Gasteiger partial charge in [0, 0.05) is 25.7 Å². The van der Waals surface area contributed by atoms with Gasteiger partial charge in [-0.1, -0.05) is 13.0 Å². The molecule has 0 N–H and O–H groups in total. The summed E-state index contributed by atoms with van der Waals surface area (Å²) < 4.78 is 4.83. The van der Waals surface area contributed by atoms with Crippen LogP contribution < -0.4 is 0 Å². The Morgan fingerprint density at radius 3 is 2.41 bits per heavy atom. The number of likely N-dealkylation sites (N-methyl/N-ethyl adjacent to an activating group) is 1. The molecule has 0 aromatic rings. The average molecular weight is 242 g/mol. The minimum Gasteiger partial charge on any atom is -0.463 e. The third-order valence-electron chi connectivity index (χ3n) is 2.31. The monoisotopic (exact) mass is 242 g/mol. The molecule has 4 heteroatoms. The normalized spacial score (nSPS) is 11.6. The molecule has 0 rings (SSSR count). The Morgan fingerprint density at radius 1 is 1.18 bits per heavy atom. The number of hydrogen-bond acceptors (Lipinski definition) is 4. The highest BCUT2D eigenvalue weighted by Crippen LogP contribution is 1.93. The second-order valence-electron chi connectivity index (χ2n) is 4.26. The molecule has 0 atom stereocenters. The molecule has 0 aromatic heterocycles. The lowest BCUT2D eigenvalue weighted by atomic mass is 10.3. The molecule has 0 aromatic carbocycles. The smallest absolute Gasteiger partial charge is 0.330 e. The maximum absolute atomic E-state index is 11.1. The Bertz CT molecular complexity index is 227. The van der Waals surface area contributed by atoms with E-state index in [1.807, 2.05) is 13.0 Å². The molecule has 0 radical (unpaired) electrons. The lowest BCUT2D eigenvalue weighted by Gasteiger charge is -2.21. The Hall–Kier alpha value is -0.870. The minimum atomic E-state index is -0.253. The van der Waals surface area contributed by atoms with Gasteiger partial charge in [-0.05, 0) is 34.0 Å². The predicted octanol–water partition coefficient (Wildman–Crippen LogP) is 1.38. The molecule has 17 heavy (non-hydrogen) atoms. The van der Waals surface area contributed by atoms with Crippen LogP contribution in [-0.4, -0.2) is 62.7 Å². The molecular weight excluding hydrogens is 216 g/mol. The standard InChI is InChI=1S/C13H26N2O2/c1-5-9-15(12-11-14(3)4)10-7-8-13(16)17-6-2/h7-8H,5-6,9-12H2,1-4H3/b8-7+. The highest BCUT2D eigenvalue weighted by molar-refractivity contribution is 5.81. The summed E-state index contributed by atoms with van der Waals surface area (Å²) in [7, 11) is 4.14. The van der Waals surface area contributed by atoms with Crippen molar-refractivity contribution in [2.24, 2.45) is 0 Å². The lowest BCUT2D eigenvalue weighted by molar-refractivity contribution is -0.137. The van der Waals surface area contributed by atoms with E-state index in [0.29, 0.717) is 6.61 Å². The van der Waals surface area contributed by atoms with Crippen molar-refractivity contribution in [3.05, 3.63) is 12.2 Å². The molecule has 4 nitrogen and oxygen atoms in total. The first kappa shape index (κ1) is 16.1. The van der Waals surface area contributed by atoms with Gasteiger partial charge in [-0.15, -0.1) is 0 Å². The van der Waals surface area contributed by atoms with E-state index < -0.39 is 0 Å². The number of carbonyl (C=O) groups excluding carboxylic acids is 1. The van der Waals surface area contributed by atoms with E-state index in [1.165, 1.54) is 6.08 Å². The summed E-state index contributed by atoms with van der Waals surface area (Å²) in [6.07, 6.45) is 4.52. The van der Waals surface area contributed by atoms with Crippen molar-refractivity contribution in [2.75, 3.05) is 46.9 Å². The first-order chi connectivity index (χ1) is 8.10. The molecule has 0 aliphatic heterocycles. The summed E-state index contributed by atoms with van der Waals surface area (Å²) in [6.45, 7) is 8.33. The van der Waals surface area contributed by atoms with Gasteiger partial charge in [0.1, 0.15) is 0 Å². The number of rotatable bonds is 9. The van der Waals surface area contributed by atoms with Crippen LogP contribution in [0, 0.1) is 0 Å². The molecule has 0 bridgehead atoms. The van der Waals surface area contributed by atoms with Crippen LogP contribution in [0.2, 0.25) is 0 Å². The van der Waals surface area contributed by atoms with Crippen molar-refractivity contribution in [3.63, 3.8) is 0 Å². The summed E-state index contributed by atoms with van der Waals surface area (Å²) in [5.41, 5.74) is 0. The third-order valence-corrected chi connectivity index (χ3v) is 2.31. The van der Waals surface area contributed by atoms with Crippen LogP contribution in [0.15, 0.2) is 12.2 Å². The number of hydrogen-bond donors (Lipinski definition) is 0. The highest BCUT2D eigenvalue weighted by Gasteiger charge is 2.02. The minimum absolute atomic E-state index is 0.253. The predicted molar refractivity (Wildman–Crippen MR) is 71.1 cm³/mol. The van der Waals surface area contributed by atoms with Crippen LogP contribution in [-0.2, 0) is 9.53 Å². The van der Waals surface area contributed by atoms with E-state index in [0.717, 1.165) is 32.6 Å². The summed E-state index contributed by atoms with van der Waals surface area (Å²) in [4.78, 5) is 15.6. The van der Waals surface area contributed by atoms with E-state index in [1.54, 1.807) is 0 Å². The Morgan fingerprint density at radius 2 is 1.88 bits per heavy atom. The van der Waals surface area contributed by atoms with Crippen LogP contribution >= 0.6 is 0 Å². The van der Waals surface area contributed by atoms with Gasteiger partial charge in [0.15, 0.2) is 0 Å². The van der Waals surface area contributed by atoms with Crippen LogP contribution in [0.3, 0.4) is 0 Å². The fourth-order valence-electron chi connectivity index (χ4n) is 1.44. The average Bonchev–Trinajstić information content (AvgIpc) is 2.26. The van der Waals surface area contributed by atoms with Crippen molar-refractivity contribution in [3.8, 4) is 0 Å². The molecular formula is C13H26N2O2. The maximum atomic E-state index is 11.1. The molecule has 0 heterocycles. The van der Waals surface area contributed by atoms with Gasteiger partial charge >= 0.3 is 5.97 Å². The zero-order chi connectivity index (χ0) is 13.1. The van der Waals surface area contributed by atoms with Crippen LogP contribution in [0.4, 0.5) is 0 Å². The van der Waals surface area contributed by atoms with Gasteiger partial charge in [-0.2, -0.15) is 0 Å². The molecule has 0 unspecified atom stereocenters. The second kappa shape index (κ2) is 10.3. The van der Waals surface area contributed by atoms with E-state index in [4.69, 9.17) is 4.74 Å². The lowest BCUT2D eigenvalue weighted by Crippen LogP contribution is -2.32. The molecule has 0 aliphatic rings. The fraction of sp³-hybridized carbons (Fsp3) is 0.769. The zero-order valence-electron chi connectivity index (χ0n) is 11.6. The van der Waals surface area contributed by atoms with Crippen LogP contribution in [0.25, 0.3) is 0 Å². The van der Waals surface area contributed by atoms with Crippen molar-refractivity contribution in [1.29, 1.82) is 0 Å². The van der Waals surface area contributed by atoms with Crippen molar-refractivity contribution in [2.45, 2.75) is 20.3 Å². The topological polar surface area (TPSA) is 32.8 Å². The summed E-state index contributed by atoms with van der Waals surface area (Å²) >= 11 is 0. The Labute approximate surface area is 105 Å². The highest BCUT2D eigenvalue weighted by atomic mass is 16.5. The molecule has 0 saturated carbocycles. The summed E-state index contributed by atoms with van der Waals surface area (Å²) in [5.74, 6) is -0.253. The summed E-state index contributed by atoms with van der Waals surface area (Å²) in [6, 6.07) is 0. The third kappa shape index (κ3) is 10.0. The van der Waals surface area contributed by atoms with Gasteiger partial charge in [-0.25, -0.2) is 4.79 Å². The summed E-state index contributed by atoms with van der Waals surface area (Å²) in [5, 5.41) is 0. The number of carbonyl (C=O) groups is 1. The zero-order valence-corrected chi connectivity index (χ0v) is 11.6. The number of esters is 1. The molecule has 0 amide bonds. The number of nitrogens with zero attached hydrogens (tertiary/aromatic N) is 2. The van der Waals surface area contributed by atoms with Crippen molar-refractivity contribution < 1.29 is 9.53 Å².